The van der Waals surface area contributed by atoms with Crippen LogP contribution in [0.4, 0.5) is 18.9 Å². The number of benzene rings is 2. The number of carbonyl (C=O) groups excluding carboxylic acids is 1. The Bertz CT molecular complexity index is 1130. The summed E-state index contributed by atoms with van der Waals surface area (Å²) in [7, 11) is 1.90. The van der Waals surface area contributed by atoms with Crippen LogP contribution < -0.4 is 15.0 Å². The molecule has 0 aliphatic rings. The Labute approximate surface area is 217 Å². The molecular formula is C29H35F3N2O3. The molecule has 0 fully saturated rings. The van der Waals surface area contributed by atoms with Crippen molar-refractivity contribution in [2.75, 3.05) is 18.6 Å². The number of hydrogen-bond donors (Lipinski definition) is 2. The highest BCUT2D eigenvalue weighted by atomic mass is 19.4. The van der Waals surface area contributed by atoms with Crippen molar-refractivity contribution in [3.05, 3.63) is 71.5 Å². The van der Waals surface area contributed by atoms with E-state index in [1.165, 1.54) is 12.1 Å². The van der Waals surface area contributed by atoms with Gasteiger partial charge in [0.15, 0.2) is 0 Å². The van der Waals surface area contributed by atoms with E-state index in [2.05, 4.69) is 35.4 Å². The highest BCUT2D eigenvalue weighted by molar-refractivity contribution is 5.81. The Morgan fingerprint density at radius 1 is 1.27 bits per heavy atom. The van der Waals surface area contributed by atoms with Crippen LogP contribution in [0.1, 0.15) is 50.3 Å². The molecule has 0 aliphatic carbocycles. The number of alkyl halides is 3. The van der Waals surface area contributed by atoms with Crippen LogP contribution >= 0.6 is 0 Å². The zero-order valence-corrected chi connectivity index (χ0v) is 22.0. The topological polar surface area (TPSA) is 61.8 Å². The molecule has 0 spiro atoms. The summed E-state index contributed by atoms with van der Waals surface area (Å²) in [5, 5.41) is 11.8. The largest absolute Gasteiger partial charge is 0.573 e. The van der Waals surface area contributed by atoms with E-state index in [1.54, 1.807) is 18.2 Å². The van der Waals surface area contributed by atoms with Gasteiger partial charge in [-0.2, -0.15) is 0 Å². The van der Waals surface area contributed by atoms with Gasteiger partial charge in [-0.05, 0) is 67.6 Å². The molecule has 0 unspecified atom stereocenters. The van der Waals surface area contributed by atoms with E-state index in [0.29, 0.717) is 24.0 Å². The predicted octanol–water partition coefficient (Wildman–Crippen LogP) is 6.48. The Morgan fingerprint density at radius 3 is 2.41 bits per heavy atom. The number of nitrogens with zero attached hydrogens (tertiary/aromatic N) is 1. The van der Waals surface area contributed by atoms with Crippen molar-refractivity contribution in [1.82, 2.24) is 5.32 Å². The quantitative estimate of drug-likeness (QED) is 0.227. The van der Waals surface area contributed by atoms with E-state index >= 15 is 0 Å². The molecule has 8 heteroatoms. The first kappa shape index (κ1) is 31.3. The summed E-state index contributed by atoms with van der Waals surface area (Å²) in [6.07, 6.45) is 0.738. The molecule has 37 heavy (non-hydrogen) atoms. The molecule has 0 heterocycles. The number of aliphatic hydroxyl groups excluding tert-OH is 1. The number of rotatable bonds is 9. The lowest BCUT2D eigenvalue weighted by molar-refractivity contribution is -0.274. The van der Waals surface area contributed by atoms with Crippen LogP contribution in [0.5, 0.6) is 5.75 Å². The van der Waals surface area contributed by atoms with Crippen molar-refractivity contribution >= 4 is 12.1 Å². The minimum atomic E-state index is -4.76. The number of aliphatic hydroxyl groups is 1. The fourth-order valence-electron chi connectivity index (χ4n) is 3.52. The number of anilines is 1. The van der Waals surface area contributed by atoms with Gasteiger partial charge >= 0.3 is 6.36 Å². The van der Waals surface area contributed by atoms with Crippen molar-refractivity contribution in [3.63, 3.8) is 0 Å². The van der Waals surface area contributed by atoms with Gasteiger partial charge in [0.25, 0.3) is 0 Å². The monoisotopic (exact) mass is 516 g/mol. The molecule has 0 aliphatic heterocycles. The summed E-state index contributed by atoms with van der Waals surface area (Å²) < 4.78 is 41.6. The average molecular weight is 517 g/mol. The molecule has 2 N–H and O–H groups in total. The molecule has 0 atom stereocenters. The zero-order valence-electron chi connectivity index (χ0n) is 22.0. The Kier molecular flexibility index (Phi) is 13.1. The summed E-state index contributed by atoms with van der Waals surface area (Å²) in [5.41, 5.74) is 5.77. The molecule has 0 aromatic heterocycles. The van der Waals surface area contributed by atoms with E-state index in [1.807, 2.05) is 45.0 Å². The number of amides is 1. The van der Waals surface area contributed by atoms with Crippen LogP contribution in [0.15, 0.2) is 54.8 Å². The minimum Gasteiger partial charge on any atom is -0.406 e. The molecule has 2 aromatic carbocycles. The van der Waals surface area contributed by atoms with Gasteiger partial charge in [0.2, 0.25) is 6.41 Å². The second-order valence-electron chi connectivity index (χ2n) is 8.13. The van der Waals surface area contributed by atoms with Crippen molar-refractivity contribution in [1.29, 1.82) is 0 Å². The molecule has 0 bridgehead atoms. The molecule has 200 valence electrons. The van der Waals surface area contributed by atoms with Crippen molar-refractivity contribution in [2.45, 2.75) is 53.4 Å². The number of carbonyl (C=O) groups is 1. The first-order valence-corrected chi connectivity index (χ1v) is 11.8. The maximum absolute atomic E-state index is 12.6. The molecule has 0 radical (unpaired) electrons. The summed E-state index contributed by atoms with van der Waals surface area (Å²) >= 11 is 0. The molecule has 0 saturated carbocycles. The predicted molar refractivity (Wildman–Crippen MR) is 143 cm³/mol. The van der Waals surface area contributed by atoms with Gasteiger partial charge in [-0.1, -0.05) is 42.5 Å². The number of hydrogen-bond acceptors (Lipinski definition) is 4. The first-order valence-electron chi connectivity index (χ1n) is 11.8. The Balaban J connectivity index is 0.00000217. The third-order valence-corrected chi connectivity index (χ3v) is 5.19. The first-order chi connectivity index (χ1) is 17.5. The second-order valence-corrected chi connectivity index (χ2v) is 8.13. The zero-order chi connectivity index (χ0) is 28.0. The summed E-state index contributed by atoms with van der Waals surface area (Å²) in [4.78, 5) is 13.0. The van der Waals surface area contributed by atoms with Gasteiger partial charge in [-0.15, -0.1) is 19.8 Å². The van der Waals surface area contributed by atoms with Gasteiger partial charge in [0, 0.05) is 26.2 Å². The number of allylic oxidation sites excluding steroid dienone is 2. The lowest BCUT2D eigenvalue weighted by Gasteiger charge is -2.25. The third kappa shape index (κ3) is 10.1. The van der Waals surface area contributed by atoms with Crippen LogP contribution in [-0.2, 0) is 11.3 Å². The van der Waals surface area contributed by atoms with Crippen LogP contribution in [-0.4, -0.2) is 31.5 Å². The maximum atomic E-state index is 12.6. The second kappa shape index (κ2) is 15.4. The smallest absolute Gasteiger partial charge is 0.406 e. The summed E-state index contributed by atoms with van der Waals surface area (Å²) in [6, 6.07) is 7.54. The number of halogens is 3. The van der Waals surface area contributed by atoms with Gasteiger partial charge in [0.05, 0.1) is 17.9 Å². The highest BCUT2D eigenvalue weighted by Crippen LogP contribution is 2.37. The average Bonchev–Trinajstić information content (AvgIpc) is 2.83. The third-order valence-electron chi connectivity index (χ3n) is 5.19. The van der Waals surface area contributed by atoms with Crippen molar-refractivity contribution in [3.8, 4) is 28.7 Å². The van der Waals surface area contributed by atoms with Gasteiger partial charge in [0.1, 0.15) is 5.75 Å². The minimum absolute atomic E-state index is 0.0711. The highest BCUT2D eigenvalue weighted by Gasteiger charge is 2.31. The Hall–Kier alpha value is -3.70. The number of ether oxygens (including phenoxy) is 1. The van der Waals surface area contributed by atoms with Crippen LogP contribution in [0, 0.1) is 18.8 Å². The summed E-state index contributed by atoms with van der Waals surface area (Å²) in [5.74, 6) is 5.79. The molecule has 5 nitrogen and oxygen atoms in total. The summed E-state index contributed by atoms with van der Waals surface area (Å²) in [6.45, 7) is 11.4. The van der Waals surface area contributed by atoms with Crippen molar-refractivity contribution < 1.29 is 27.8 Å². The fraction of sp³-hybridized carbons (Fsp3) is 0.345. The molecular weight excluding hydrogens is 481 g/mol. The van der Waals surface area contributed by atoms with E-state index < -0.39 is 6.36 Å². The van der Waals surface area contributed by atoms with Gasteiger partial charge < -0.3 is 20.1 Å². The molecule has 2 rings (SSSR count). The lowest BCUT2D eigenvalue weighted by Crippen LogP contribution is -2.17. The maximum Gasteiger partial charge on any atom is 0.573 e. The normalized spacial score (nSPS) is 10.9. The SMILES string of the molecule is C=CC.CC/C(C)=C/N(C)c1c(C)c(-c2ccc(OC(F)(F)F)cc2)cc(CNC=O)c1C#CCCO. The molecule has 1 amide bonds. The Morgan fingerprint density at radius 2 is 1.89 bits per heavy atom. The lowest BCUT2D eigenvalue weighted by atomic mass is 9.91. The van der Waals surface area contributed by atoms with Crippen LogP contribution in [0.2, 0.25) is 0 Å². The standard InChI is InChI=1S/C26H29F3N2O3.C3H6/c1-5-18(2)16-31(4)25-19(3)24(20-9-11-22(12-10-20)34-26(27,28)29)14-21(15-30-17-33)23(25)8-6-7-13-32;1-3-2/h9-12,14,16-17,32H,5,7,13,15H2,1-4H3,(H,30,33);3H,1H2,2H3/b18-16+;. The van der Waals surface area contributed by atoms with E-state index in [-0.39, 0.29) is 18.9 Å². The van der Waals surface area contributed by atoms with E-state index in [9.17, 15) is 18.0 Å². The fourth-order valence-corrected chi connectivity index (χ4v) is 3.52. The molecule has 0 saturated heterocycles. The van der Waals surface area contributed by atoms with Crippen LogP contribution in [0.25, 0.3) is 11.1 Å². The van der Waals surface area contributed by atoms with E-state index in [4.69, 9.17) is 5.11 Å². The molecule has 2 aromatic rings. The van der Waals surface area contributed by atoms with Crippen LogP contribution in [0.3, 0.4) is 0 Å². The van der Waals surface area contributed by atoms with Crippen molar-refractivity contribution in [2.24, 2.45) is 0 Å². The van der Waals surface area contributed by atoms with Gasteiger partial charge in [-0.25, -0.2) is 0 Å². The van der Waals surface area contributed by atoms with E-state index in [0.717, 1.165) is 34.4 Å². The van der Waals surface area contributed by atoms with Gasteiger partial charge in [-0.3, -0.25) is 4.79 Å². The number of nitrogens with one attached hydrogen (secondary N) is 1.